The van der Waals surface area contributed by atoms with Gasteiger partial charge in [-0.15, -0.1) is 0 Å². The van der Waals surface area contributed by atoms with Crippen LogP contribution in [0.4, 0.5) is 0 Å². The minimum Gasteiger partial charge on any atom is -0.496 e. The second-order valence-electron chi connectivity index (χ2n) is 3.96. The smallest absolute Gasteiger partial charge is 0.174 e. The van der Waals surface area contributed by atoms with Crippen molar-refractivity contribution in [1.29, 1.82) is 0 Å². The summed E-state index contributed by atoms with van der Waals surface area (Å²) in [5.74, 6) is 1.38. The minimum absolute atomic E-state index is 0.540. The average molecular weight is 267 g/mol. The van der Waals surface area contributed by atoms with Gasteiger partial charge in [-0.2, -0.15) is 0 Å². The van der Waals surface area contributed by atoms with Gasteiger partial charge in [0.05, 0.1) is 18.4 Å². The van der Waals surface area contributed by atoms with Gasteiger partial charge in [0.25, 0.3) is 0 Å². The maximum absolute atomic E-state index is 6.02. The Bertz CT molecular complexity index is 552. The van der Waals surface area contributed by atoms with Crippen LogP contribution in [0.1, 0.15) is 11.3 Å². The van der Waals surface area contributed by atoms with E-state index in [1.807, 2.05) is 13.0 Å². The lowest BCUT2D eigenvalue weighted by Gasteiger charge is -2.07. The lowest BCUT2D eigenvalue weighted by Crippen LogP contribution is -2.04. The van der Waals surface area contributed by atoms with Crippen LogP contribution in [0.25, 0.3) is 11.3 Å². The summed E-state index contributed by atoms with van der Waals surface area (Å²) in [6.07, 6.45) is 0.709. The van der Waals surface area contributed by atoms with E-state index in [1.54, 1.807) is 19.2 Å². The lowest BCUT2D eigenvalue weighted by atomic mass is 10.0. The molecule has 0 aliphatic rings. The highest BCUT2D eigenvalue weighted by molar-refractivity contribution is 6.30. The molecule has 18 heavy (non-hydrogen) atoms. The van der Waals surface area contributed by atoms with Crippen molar-refractivity contribution >= 4 is 11.6 Å². The monoisotopic (exact) mass is 266 g/mol. The number of nitrogens with zero attached hydrogens (tertiary/aromatic N) is 1. The molecule has 0 aliphatic heterocycles. The molecule has 96 valence electrons. The topological polar surface area (TPSA) is 61.3 Å². The third-order valence-electron chi connectivity index (χ3n) is 2.79. The van der Waals surface area contributed by atoms with E-state index in [1.165, 1.54) is 0 Å². The molecule has 1 heterocycles. The quantitative estimate of drug-likeness (QED) is 0.924. The van der Waals surface area contributed by atoms with Crippen molar-refractivity contribution in [1.82, 2.24) is 5.16 Å². The van der Waals surface area contributed by atoms with Crippen molar-refractivity contribution in [2.45, 2.75) is 13.3 Å². The third kappa shape index (κ3) is 2.35. The molecule has 5 heteroatoms. The molecule has 1 aromatic heterocycles. The normalized spacial score (nSPS) is 10.7. The maximum Gasteiger partial charge on any atom is 0.174 e. The van der Waals surface area contributed by atoms with Gasteiger partial charge in [0.2, 0.25) is 0 Å². The Morgan fingerprint density at radius 2 is 2.22 bits per heavy atom. The first-order valence-corrected chi connectivity index (χ1v) is 6.04. The molecule has 0 spiro atoms. The van der Waals surface area contributed by atoms with Gasteiger partial charge in [-0.1, -0.05) is 16.8 Å². The van der Waals surface area contributed by atoms with Crippen LogP contribution < -0.4 is 10.5 Å². The molecule has 2 aromatic rings. The highest BCUT2D eigenvalue weighted by Crippen LogP contribution is 2.35. The van der Waals surface area contributed by atoms with Crippen LogP contribution >= 0.6 is 11.6 Å². The molecule has 0 atom stereocenters. The zero-order valence-electron chi connectivity index (χ0n) is 10.4. The number of aromatic nitrogens is 1. The summed E-state index contributed by atoms with van der Waals surface area (Å²) in [6.45, 7) is 2.44. The molecule has 0 saturated carbocycles. The maximum atomic E-state index is 6.02. The van der Waals surface area contributed by atoms with Gasteiger partial charge in [0.1, 0.15) is 5.75 Å². The number of aryl methyl sites for hydroxylation is 1. The number of ether oxygens (including phenoxy) is 1. The van der Waals surface area contributed by atoms with E-state index in [4.69, 9.17) is 26.6 Å². The Balaban J connectivity index is 2.57. The van der Waals surface area contributed by atoms with E-state index in [2.05, 4.69) is 5.16 Å². The molecule has 0 aliphatic carbocycles. The Morgan fingerprint density at radius 1 is 1.44 bits per heavy atom. The van der Waals surface area contributed by atoms with Gasteiger partial charge in [0, 0.05) is 10.6 Å². The zero-order chi connectivity index (χ0) is 13.1. The summed E-state index contributed by atoms with van der Waals surface area (Å²) in [4.78, 5) is 0. The second-order valence-corrected chi connectivity index (χ2v) is 4.40. The first kappa shape index (κ1) is 12.9. The summed E-state index contributed by atoms with van der Waals surface area (Å²) in [5, 5.41) is 4.61. The van der Waals surface area contributed by atoms with E-state index in [9.17, 15) is 0 Å². The second kappa shape index (κ2) is 5.42. The molecule has 0 radical (unpaired) electrons. The summed E-state index contributed by atoms with van der Waals surface area (Å²) < 4.78 is 10.7. The number of benzene rings is 1. The third-order valence-corrected chi connectivity index (χ3v) is 3.02. The lowest BCUT2D eigenvalue weighted by molar-refractivity contribution is 0.404. The molecule has 0 unspecified atom stereocenters. The van der Waals surface area contributed by atoms with Crippen molar-refractivity contribution in [3.63, 3.8) is 0 Å². The summed E-state index contributed by atoms with van der Waals surface area (Å²) in [6, 6.07) is 5.39. The van der Waals surface area contributed by atoms with Gasteiger partial charge in [-0.05, 0) is 38.1 Å². The highest BCUT2D eigenvalue weighted by atomic mass is 35.5. The summed E-state index contributed by atoms with van der Waals surface area (Å²) >= 11 is 6.02. The summed E-state index contributed by atoms with van der Waals surface area (Å²) in [5.41, 5.74) is 8.25. The molecule has 0 saturated heterocycles. The van der Waals surface area contributed by atoms with Gasteiger partial charge >= 0.3 is 0 Å². The largest absolute Gasteiger partial charge is 0.496 e. The van der Waals surface area contributed by atoms with Crippen molar-refractivity contribution in [2.75, 3.05) is 13.7 Å². The van der Waals surface area contributed by atoms with Crippen LogP contribution in [0.15, 0.2) is 22.7 Å². The summed E-state index contributed by atoms with van der Waals surface area (Å²) in [7, 11) is 1.61. The number of hydrogen-bond donors (Lipinski definition) is 1. The van der Waals surface area contributed by atoms with Crippen LogP contribution in [-0.2, 0) is 6.42 Å². The zero-order valence-corrected chi connectivity index (χ0v) is 11.1. The predicted octanol–water partition coefficient (Wildman–Crippen LogP) is 2.81. The van der Waals surface area contributed by atoms with Crippen molar-refractivity contribution in [2.24, 2.45) is 5.73 Å². The fourth-order valence-electron chi connectivity index (χ4n) is 1.90. The van der Waals surface area contributed by atoms with Crippen LogP contribution in [0.3, 0.4) is 0 Å². The Labute approximate surface area is 111 Å². The van der Waals surface area contributed by atoms with E-state index >= 15 is 0 Å². The van der Waals surface area contributed by atoms with Crippen LogP contribution in [0.5, 0.6) is 5.75 Å². The molecule has 4 nitrogen and oxygen atoms in total. The highest BCUT2D eigenvalue weighted by Gasteiger charge is 2.18. The molecular formula is C13H15ClN2O2. The number of halogens is 1. The van der Waals surface area contributed by atoms with Crippen molar-refractivity contribution in [3.05, 3.63) is 34.5 Å². The Morgan fingerprint density at radius 3 is 2.89 bits per heavy atom. The number of hydrogen-bond acceptors (Lipinski definition) is 4. The average Bonchev–Trinajstić information content (AvgIpc) is 2.72. The van der Waals surface area contributed by atoms with Crippen LogP contribution in [-0.4, -0.2) is 18.8 Å². The van der Waals surface area contributed by atoms with Gasteiger partial charge in [-0.3, -0.25) is 0 Å². The van der Waals surface area contributed by atoms with Crippen molar-refractivity contribution in [3.8, 4) is 17.1 Å². The van der Waals surface area contributed by atoms with Gasteiger partial charge in [-0.25, -0.2) is 0 Å². The van der Waals surface area contributed by atoms with E-state index < -0.39 is 0 Å². The fraction of sp³-hybridized carbons (Fsp3) is 0.308. The van der Waals surface area contributed by atoms with Gasteiger partial charge in [0.15, 0.2) is 5.76 Å². The van der Waals surface area contributed by atoms with E-state index in [0.29, 0.717) is 29.5 Å². The van der Waals surface area contributed by atoms with Crippen LogP contribution in [0, 0.1) is 6.92 Å². The number of rotatable bonds is 4. The van der Waals surface area contributed by atoms with Crippen molar-refractivity contribution < 1.29 is 9.26 Å². The minimum atomic E-state index is 0.540. The van der Waals surface area contributed by atoms with E-state index in [-0.39, 0.29) is 0 Å². The van der Waals surface area contributed by atoms with Crippen LogP contribution in [0.2, 0.25) is 5.02 Å². The SMILES string of the molecule is COc1ccc(Cl)cc1-c1onc(C)c1CCN. The Kier molecular flexibility index (Phi) is 3.89. The molecule has 0 bridgehead atoms. The number of methoxy groups -OCH3 is 1. The molecule has 0 fully saturated rings. The standard InChI is InChI=1S/C13H15ClN2O2/c1-8-10(5-6-15)13(18-16-8)11-7-9(14)3-4-12(11)17-2/h3-4,7H,5-6,15H2,1-2H3. The molecule has 2 rings (SSSR count). The molecule has 2 N–H and O–H groups in total. The van der Waals surface area contributed by atoms with Gasteiger partial charge < -0.3 is 15.0 Å². The Hall–Kier alpha value is -1.52. The van der Waals surface area contributed by atoms with E-state index in [0.717, 1.165) is 16.8 Å². The molecule has 1 aromatic carbocycles. The molecular weight excluding hydrogens is 252 g/mol. The first-order valence-electron chi connectivity index (χ1n) is 5.66. The first-order chi connectivity index (χ1) is 8.67. The number of nitrogens with two attached hydrogens (primary N) is 1. The predicted molar refractivity (Wildman–Crippen MR) is 71.0 cm³/mol. The molecule has 0 amide bonds. The fourth-order valence-corrected chi connectivity index (χ4v) is 2.07.